The molecule has 0 amide bonds. The Morgan fingerprint density at radius 3 is 2.76 bits per heavy atom. The summed E-state index contributed by atoms with van der Waals surface area (Å²) in [6.45, 7) is 3.79. The molecular weight excluding hydrogens is 293 g/mol. The Balaban J connectivity index is 2.14. The van der Waals surface area contributed by atoms with E-state index in [2.05, 4.69) is 9.62 Å². The van der Waals surface area contributed by atoms with Crippen LogP contribution in [0.25, 0.3) is 0 Å². The third kappa shape index (κ3) is 3.79. The standard InChI is InChI=1S/C14H22FN3O2S/c1-10-5-13(6-12(7-16)14(10)15)21(19,20)17-8-11-3-4-18(2)9-11/h5-6,11,17H,3-4,7-9,16H2,1-2H3. The number of halogens is 1. The van der Waals surface area contributed by atoms with E-state index in [-0.39, 0.29) is 17.0 Å². The second-order valence-corrected chi connectivity index (χ2v) is 7.45. The molecule has 7 heteroatoms. The number of aryl methyl sites for hydroxylation is 1. The summed E-state index contributed by atoms with van der Waals surface area (Å²) in [6.07, 6.45) is 0.982. The molecule has 1 saturated heterocycles. The van der Waals surface area contributed by atoms with Crippen molar-refractivity contribution in [3.05, 3.63) is 29.1 Å². The zero-order valence-corrected chi connectivity index (χ0v) is 13.2. The maximum Gasteiger partial charge on any atom is 0.240 e. The molecule has 3 N–H and O–H groups in total. The summed E-state index contributed by atoms with van der Waals surface area (Å²) < 4.78 is 41.0. The molecule has 21 heavy (non-hydrogen) atoms. The van der Waals surface area contributed by atoms with Gasteiger partial charge in [0.1, 0.15) is 5.82 Å². The smallest absolute Gasteiger partial charge is 0.240 e. The van der Waals surface area contributed by atoms with E-state index >= 15 is 0 Å². The number of likely N-dealkylation sites (tertiary alicyclic amines) is 1. The van der Waals surface area contributed by atoms with Crippen LogP contribution < -0.4 is 10.5 Å². The predicted molar refractivity (Wildman–Crippen MR) is 79.8 cm³/mol. The Morgan fingerprint density at radius 2 is 2.19 bits per heavy atom. The normalized spacial score (nSPS) is 20.1. The second kappa shape index (κ2) is 6.39. The van der Waals surface area contributed by atoms with Gasteiger partial charge >= 0.3 is 0 Å². The van der Waals surface area contributed by atoms with Crippen LogP contribution in [0.5, 0.6) is 0 Å². The second-order valence-electron chi connectivity index (χ2n) is 5.69. The topological polar surface area (TPSA) is 75.4 Å². The van der Waals surface area contributed by atoms with Crippen LogP contribution in [0.15, 0.2) is 17.0 Å². The van der Waals surface area contributed by atoms with Gasteiger partial charge in [0, 0.05) is 25.2 Å². The van der Waals surface area contributed by atoms with Crippen molar-refractivity contribution in [3.63, 3.8) is 0 Å². The zero-order chi connectivity index (χ0) is 15.6. The monoisotopic (exact) mass is 315 g/mol. The summed E-state index contributed by atoms with van der Waals surface area (Å²) in [6, 6.07) is 2.66. The molecule has 0 bridgehead atoms. The number of nitrogens with two attached hydrogens (primary N) is 1. The molecule has 5 nitrogen and oxygen atoms in total. The molecule has 0 aliphatic carbocycles. The lowest BCUT2D eigenvalue weighted by Crippen LogP contribution is -2.30. The summed E-state index contributed by atoms with van der Waals surface area (Å²) >= 11 is 0. The summed E-state index contributed by atoms with van der Waals surface area (Å²) in [4.78, 5) is 2.25. The third-order valence-electron chi connectivity index (χ3n) is 3.88. The summed E-state index contributed by atoms with van der Waals surface area (Å²) in [5.74, 6) is -0.117. The summed E-state index contributed by atoms with van der Waals surface area (Å²) in [5, 5.41) is 0. The fraction of sp³-hybridized carbons (Fsp3) is 0.571. The fourth-order valence-electron chi connectivity index (χ4n) is 2.61. The summed E-state index contributed by atoms with van der Waals surface area (Å²) in [5.41, 5.74) is 5.97. The van der Waals surface area contributed by atoms with Gasteiger partial charge < -0.3 is 10.6 Å². The highest BCUT2D eigenvalue weighted by molar-refractivity contribution is 7.89. The van der Waals surface area contributed by atoms with Crippen molar-refractivity contribution in [2.45, 2.75) is 24.8 Å². The Hall–Kier alpha value is -1.02. The molecule has 1 unspecified atom stereocenters. The molecule has 0 aromatic heterocycles. The van der Waals surface area contributed by atoms with E-state index in [1.165, 1.54) is 12.1 Å². The van der Waals surface area contributed by atoms with Crippen LogP contribution in [0, 0.1) is 18.7 Å². The molecule has 1 heterocycles. The highest BCUT2D eigenvalue weighted by Crippen LogP contribution is 2.20. The molecule has 1 fully saturated rings. The molecule has 1 aromatic carbocycles. The van der Waals surface area contributed by atoms with E-state index in [0.717, 1.165) is 19.5 Å². The van der Waals surface area contributed by atoms with Gasteiger partial charge in [0.15, 0.2) is 0 Å². The van der Waals surface area contributed by atoms with Crippen LogP contribution in [0.4, 0.5) is 4.39 Å². The lowest BCUT2D eigenvalue weighted by molar-refractivity contribution is 0.394. The number of hydrogen-bond acceptors (Lipinski definition) is 4. The first kappa shape index (κ1) is 16.4. The van der Waals surface area contributed by atoms with Gasteiger partial charge in [-0.15, -0.1) is 0 Å². The van der Waals surface area contributed by atoms with Crippen LogP contribution in [0.1, 0.15) is 17.5 Å². The molecule has 0 radical (unpaired) electrons. The van der Waals surface area contributed by atoms with E-state index in [9.17, 15) is 12.8 Å². The maximum absolute atomic E-state index is 13.7. The lowest BCUT2D eigenvalue weighted by atomic mass is 10.1. The molecule has 1 aliphatic rings. The molecule has 0 saturated carbocycles. The molecule has 118 valence electrons. The number of nitrogens with one attached hydrogen (secondary N) is 1. The SMILES string of the molecule is Cc1cc(S(=O)(=O)NCC2CCN(C)C2)cc(CN)c1F. The highest BCUT2D eigenvalue weighted by atomic mass is 32.2. The van der Waals surface area contributed by atoms with Crippen LogP contribution in [0.2, 0.25) is 0 Å². The fourth-order valence-corrected chi connectivity index (χ4v) is 3.87. The van der Waals surface area contributed by atoms with E-state index in [0.29, 0.717) is 18.0 Å². The average molecular weight is 315 g/mol. The Kier molecular flexibility index (Phi) is 4.98. The molecule has 1 aliphatic heterocycles. The molecule has 1 aromatic rings. The number of nitrogens with zero attached hydrogens (tertiary/aromatic N) is 1. The van der Waals surface area contributed by atoms with Gasteiger partial charge in [-0.1, -0.05) is 0 Å². The van der Waals surface area contributed by atoms with E-state index in [1.54, 1.807) is 6.92 Å². The minimum absolute atomic E-state index is 0.0244. The van der Waals surface area contributed by atoms with Crippen LogP contribution in [0.3, 0.4) is 0 Å². The number of hydrogen-bond donors (Lipinski definition) is 2. The number of sulfonamides is 1. The predicted octanol–water partition coefficient (Wildman–Crippen LogP) is 0.823. The minimum Gasteiger partial charge on any atom is -0.326 e. The van der Waals surface area contributed by atoms with E-state index in [1.807, 2.05) is 7.05 Å². The van der Waals surface area contributed by atoms with Crippen molar-refractivity contribution in [2.24, 2.45) is 11.7 Å². The third-order valence-corrected chi connectivity index (χ3v) is 5.29. The van der Waals surface area contributed by atoms with Gasteiger partial charge in [0.2, 0.25) is 10.0 Å². The van der Waals surface area contributed by atoms with Crippen molar-refractivity contribution in [1.29, 1.82) is 0 Å². The Bertz CT molecular complexity index is 619. The first-order chi connectivity index (χ1) is 9.83. The Morgan fingerprint density at radius 1 is 1.48 bits per heavy atom. The molecule has 1 atom stereocenters. The first-order valence-corrected chi connectivity index (χ1v) is 8.49. The van der Waals surface area contributed by atoms with Crippen LogP contribution in [-0.4, -0.2) is 40.0 Å². The Labute approximate surface area is 125 Å². The molecular formula is C14H22FN3O2S. The van der Waals surface area contributed by atoms with Crippen molar-refractivity contribution >= 4 is 10.0 Å². The van der Waals surface area contributed by atoms with Crippen molar-refractivity contribution in [2.75, 3.05) is 26.7 Å². The first-order valence-electron chi connectivity index (χ1n) is 7.01. The van der Waals surface area contributed by atoms with Crippen molar-refractivity contribution in [3.8, 4) is 0 Å². The van der Waals surface area contributed by atoms with Crippen molar-refractivity contribution < 1.29 is 12.8 Å². The highest BCUT2D eigenvalue weighted by Gasteiger charge is 2.23. The van der Waals surface area contributed by atoms with Crippen LogP contribution >= 0.6 is 0 Å². The molecule has 0 spiro atoms. The number of benzene rings is 1. The number of rotatable bonds is 5. The average Bonchev–Trinajstić information content (AvgIpc) is 2.85. The lowest BCUT2D eigenvalue weighted by Gasteiger charge is -2.13. The maximum atomic E-state index is 13.7. The van der Waals surface area contributed by atoms with Gasteiger partial charge in [-0.25, -0.2) is 17.5 Å². The minimum atomic E-state index is -3.63. The van der Waals surface area contributed by atoms with Crippen LogP contribution in [-0.2, 0) is 16.6 Å². The van der Waals surface area contributed by atoms with Gasteiger partial charge in [-0.2, -0.15) is 0 Å². The van der Waals surface area contributed by atoms with Gasteiger partial charge in [0.05, 0.1) is 4.90 Å². The van der Waals surface area contributed by atoms with Gasteiger partial charge in [-0.3, -0.25) is 0 Å². The van der Waals surface area contributed by atoms with Crippen molar-refractivity contribution in [1.82, 2.24) is 9.62 Å². The van der Waals surface area contributed by atoms with E-state index < -0.39 is 15.8 Å². The summed E-state index contributed by atoms with van der Waals surface area (Å²) in [7, 11) is -1.61. The largest absolute Gasteiger partial charge is 0.326 e. The van der Waals surface area contributed by atoms with E-state index in [4.69, 9.17) is 5.73 Å². The zero-order valence-electron chi connectivity index (χ0n) is 12.4. The quantitative estimate of drug-likeness (QED) is 0.844. The van der Waals surface area contributed by atoms with Gasteiger partial charge in [-0.05, 0) is 50.6 Å². The van der Waals surface area contributed by atoms with Gasteiger partial charge in [0.25, 0.3) is 0 Å². The molecule has 2 rings (SSSR count).